The van der Waals surface area contributed by atoms with Gasteiger partial charge in [0, 0.05) is 26.6 Å². The summed E-state index contributed by atoms with van der Waals surface area (Å²) in [5, 5.41) is 6.33. The summed E-state index contributed by atoms with van der Waals surface area (Å²) >= 11 is 11.0. The monoisotopic (exact) mass is 429 g/mol. The molecule has 1 fully saturated rings. The lowest BCUT2D eigenvalue weighted by Gasteiger charge is -2.27. The number of halogens is 1. The first-order valence-electron chi connectivity index (χ1n) is 7.95. The summed E-state index contributed by atoms with van der Waals surface area (Å²) in [5.41, 5.74) is 3.31. The third-order valence-corrected chi connectivity index (χ3v) is 6.34. The maximum Gasteiger partial charge on any atom is 0.174 e. The third-order valence-electron chi connectivity index (χ3n) is 4.26. The van der Waals surface area contributed by atoms with Gasteiger partial charge in [0.1, 0.15) is 0 Å². The minimum absolute atomic E-state index is 0.0137. The number of hydrogen-bond donors (Lipinski definition) is 1. The van der Waals surface area contributed by atoms with Crippen LogP contribution in [0.15, 0.2) is 64.6 Å². The predicted octanol–water partition coefficient (Wildman–Crippen LogP) is 5.39. The molecule has 0 radical (unpaired) electrons. The standard InChI is InChI=1S/C19H16BrN3S2/c1-12-5-4-6-14(9-12)23-18(16-10-13(20)11-25-16)17(22-19(23)24)15-7-2-3-8-21-15/h2-11,17-18H,1H3,(H,22,24)/t17-,18+/m1/s1. The summed E-state index contributed by atoms with van der Waals surface area (Å²) in [6, 6.07) is 16.7. The number of hydrogen-bond acceptors (Lipinski definition) is 3. The zero-order valence-corrected chi connectivity index (χ0v) is 16.7. The molecule has 1 aliphatic heterocycles. The van der Waals surface area contributed by atoms with Gasteiger partial charge in [-0.05, 0) is 71.0 Å². The van der Waals surface area contributed by atoms with E-state index < -0.39 is 0 Å². The average Bonchev–Trinajstić information content (AvgIpc) is 3.18. The topological polar surface area (TPSA) is 28.2 Å². The number of thiocarbonyl (C=S) groups is 1. The molecule has 3 aromatic rings. The molecule has 0 bridgehead atoms. The van der Waals surface area contributed by atoms with Crippen molar-refractivity contribution < 1.29 is 0 Å². The largest absolute Gasteiger partial charge is 0.351 e. The Kier molecular flexibility index (Phi) is 4.58. The summed E-state index contributed by atoms with van der Waals surface area (Å²) in [5.74, 6) is 0. The smallest absolute Gasteiger partial charge is 0.174 e. The van der Waals surface area contributed by atoms with E-state index in [1.165, 1.54) is 10.4 Å². The van der Waals surface area contributed by atoms with Gasteiger partial charge in [0.2, 0.25) is 0 Å². The van der Waals surface area contributed by atoms with E-state index in [2.05, 4.69) is 79.8 Å². The molecule has 25 heavy (non-hydrogen) atoms. The molecule has 6 heteroatoms. The molecule has 1 saturated heterocycles. The van der Waals surface area contributed by atoms with Crippen LogP contribution in [0.1, 0.15) is 28.2 Å². The van der Waals surface area contributed by atoms with Gasteiger partial charge >= 0.3 is 0 Å². The Morgan fingerprint density at radius 3 is 2.76 bits per heavy atom. The van der Waals surface area contributed by atoms with Gasteiger partial charge in [0.05, 0.1) is 17.8 Å². The molecule has 0 unspecified atom stereocenters. The lowest BCUT2D eigenvalue weighted by Crippen LogP contribution is -2.29. The van der Waals surface area contributed by atoms with Gasteiger partial charge in [-0.2, -0.15) is 0 Å². The van der Waals surface area contributed by atoms with Crippen molar-refractivity contribution in [2.75, 3.05) is 4.90 Å². The number of aryl methyl sites for hydroxylation is 1. The van der Waals surface area contributed by atoms with Crippen LogP contribution in [0.2, 0.25) is 0 Å². The molecule has 0 amide bonds. The molecule has 3 heterocycles. The first kappa shape index (κ1) is 16.7. The van der Waals surface area contributed by atoms with E-state index in [0.29, 0.717) is 0 Å². The molecular weight excluding hydrogens is 414 g/mol. The number of aromatic nitrogens is 1. The van der Waals surface area contributed by atoms with Crippen molar-refractivity contribution in [2.45, 2.75) is 19.0 Å². The lowest BCUT2D eigenvalue weighted by molar-refractivity contribution is 0.575. The maximum absolute atomic E-state index is 5.71. The summed E-state index contributed by atoms with van der Waals surface area (Å²) in [4.78, 5) is 8.02. The summed E-state index contributed by atoms with van der Waals surface area (Å²) in [6.45, 7) is 2.10. The quantitative estimate of drug-likeness (QED) is 0.564. The second-order valence-corrected chi connectivity index (χ2v) is 8.25. The number of nitrogens with one attached hydrogen (secondary N) is 1. The molecule has 4 rings (SSSR count). The Bertz CT molecular complexity index is 910. The second-order valence-electron chi connectivity index (χ2n) is 6.00. The fourth-order valence-electron chi connectivity index (χ4n) is 3.18. The average molecular weight is 430 g/mol. The van der Waals surface area contributed by atoms with Crippen molar-refractivity contribution in [3.05, 3.63) is 80.7 Å². The van der Waals surface area contributed by atoms with E-state index in [1.54, 1.807) is 11.3 Å². The Labute approximate surface area is 164 Å². The first-order chi connectivity index (χ1) is 12.1. The summed E-state index contributed by atoms with van der Waals surface area (Å²) < 4.78 is 1.09. The molecule has 1 N–H and O–H groups in total. The number of nitrogens with zero attached hydrogens (tertiary/aromatic N) is 2. The van der Waals surface area contributed by atoms with Gasteiger partial charge in [-0.15, -0.1) is 11.3 Å². The molecule has 0 saturated carbocycles. The molecule has 126 valence electrons. The van der Waals surface area contributed by atoms with E-state index in [4.69, 9.17) is 12.2 Å². The Hall–Kier alpha value is -1.76. The number of pyridine rings is 1. The van der Waals surface area contributed by atoms with E-state index in [0.717, 1.165) is 21.0 Å². The van der Waals surface area contributed by atoms with Crippen molar-refractivity contribution in [1.29, 1.82) is 0 Å². The fourth-order valence-corrected chi connectivity index (χ4v) is 5.10. The van der Waals surface area contributed by atoms with Crippen molar-refractivity contribution >= 4 is 50.3 Å². The zero-order valence-electron chi connectivity index (χ0n) is 13.5. The Morgan fingerprint density at radius 1 is 1.20 bits per heavy atom. The predicted molar refractivity (Wildman–Crippen MR) is 111 cm³/mol. The van der Waals surface area contributed by atoms with Crippen LogP contribution >= 0.6 is 39.5 Å². The van der Waals surface area contributed by atoms with E-state index in [-0.39, 0.29) is 12.1 Å². The third kappa shape index (κ3) is 3.21. The molecule has 1 aliphatic rings. The van der Waals surface area contributed by atoms with Crippen LogP contribution in [0.3, 0.4) is 0 Å². The molecule has 2 atom stereocenters. The van der Waals surface area contributed by atoms with E-state index in [1.807, 2.05) is 18.3 Å². The zero-order chi connectivity index (χ0) is 17.4. The van der Waals surface area contributed by atoms with Crippen LogP contribution in [0.5, 0.6) is 0 Å². The molecule has 1 aromatic carbocycles. The van der Waals surface area contributed by atoms with Crippen LogP contribution in [0, 0.1) is 6.92 Å². The maximum atomic E-state index is 5.71. The van der Waals surface area contributed by atoms with E-state index in [9.17, 15) is 0 Å². The minimum atomic E-state index is 0.0137. The van der Waals surface area contributed by atoms with Crippen molar-refractivity contribution in [1.82, 2.24) is 10.3 Å². The molecule has 0 spiro atoms. The minimum Gasteiger partial charge on any atom is -0.351 e. The van der Waals surface area contributed by atoms with Gasteiger partial charge in [-0.25, -0.2) is 0 Å². The van der Waals surface area contributed by atoms with Gasteiger partial charge in [-0.3, -0.25) is 4.98 Å². The number of benzene rings is 1. The Balaban J connectivity index is 1.83. The fraction of sp³-hybridized carbons (Fsp3) is 0.158. The molecular formula is C19H16BrN3S2. The van der Waals surface area contributed by atoms with Gasteiger partial charge in [0.25, 0.3) is 0 Å². The summed E-state index contributed by atoms with van der Waals surface area (Å²) in [6.07, 6.45) is 1.83. The van der Waals surface area contributed by atoms with Crippen LogP contribution < -0.4 is 10.2 Å². The highest BCUT2D eigenvalue weighted by molar-refractivity contribution is 9.10. The summed E-state index contributed by atoms with van der Waals surface area (Å²) in [7, 11) is 0. The van der Waals surface area contributed by atoms with Gasteiger partial charge in [-0.1, -0.05) is 18.2 Å². The van der Waals surface area contributed by atoms with Crippen molar-refractivity contribution in [3.8, 4) is 0 Å². The second kappa shape index (κ2) is 6.86. The number of thiophene rings is 1. The first-order valence-corrected chi connectivity index (χ1v) is 10.0. The lowest BCUT2D eigenvalue weighted by atomic mass is 10.0. The molecule has 2 aromatic heterocycles. The van der Waals surface area contributed by atoms with Crippen molar-refractivity contribution in [3.63, 3.8) is 0 Å². The highest BCUT2D eigenvalue weighted by Crippen LogP contribution is 2.44. The number of rotatable bonds is 3. The highest BCUT2D eigenvalue weighted by Gasteiger charge is 2.41. The highest BCUT2D eigenvalue weighted by atomic mass is 79.9. The van der Waals surface area contributed by atoms with Gasteiger partial charge < -0.3 is 10.2 Å². The van der Waals surface area contributed by atoms with Crippen molar-refractivity contribution in [2.24, 2.45) is 0 Å². The Morgan fingerprint density at radius 2 is 2.08 bits per heavy atom. The van der Waals surface area contributed by atoms with Gasteiger partial charge in [0.15, 0.2) is 5.11 Å². The SMILES string of the molecule is Cc1cccc(N2C(=S)N[C@H](c3ccccn3)[C@@H]2c2cc(Br)cs2)c1. The van der Waals surface area contributed by atoms with Crippen LogP contribution in [-0.4, -0.2) is 10.1 Å². The van der Waals surface area contributed by atoms with Crippen LogP contribution in [0.4, 0.5) is 5.69 Å². The molecule has 0 aliphatic carbocycles. The van der Waals surface area contributed by atoms with E-state index >= 15 is 0 Å². The van der Waals surface area contributed by atoms with Crippen LogP contribution in [0.25, 0.3) is 0 Å². The number of anilines is 1. The molecule has 3 nitrogen and oxygen atoms in total. The van der Waals surface area contributed by atoms with Crippen LogP contribution in [-0.2, 0) is 0 Å². The normalized spacial score (nSPS) is 19.9.